The molecule has 2 heterocycles. The molecule has 0 radical (unpaired) electrons. The van der Waals surface area contributed by atoms with Gasteiger partial charge >= 0.3 is 0 Å². The summed E-state index contributed by atoms with van der Waals surface area (Å²) in [5, 5.41) is 10.5. The number of rotatable bonds is 7. The number of hydrogen-bond acceptors (Lipinski definition) is 5. The molecule has 5 nitrogen and oxygen atoms in total. The Balaban J connectivity index is 1.66. The number of nitrogens with zero attached hydrogens (tertiary/aromatic N) is 3. The molecule has 0 saturated heterocycles. The molecule has 0 aliphatic heterocycles. The first kappa shape index (κ1) is 22.3. The number of aryl methyl sites for hydroxylation is 1. The molecular formula is C26H30N4OS. The van der Waals surface area contributed by atoms with Crippen LogP contribution in [0, 0.1) is 17.2 Å². The zero-order valence-electron chi connectivity index (χ0n) is 19.1. The van der Waals surface area contributed by atoms with E-state index < -0.39 is 0 Å². The van der Waals surface area contributed by atoms with Crippen LogP contribution in [0.4, 0.5) is 5.69 Å². The van der Waals surface area contributed by atoms with Crippen molar-refractivity contribution in [2.45, 2.75) is 52.9 Å². The van der Waals surface area contributed by atoms with Crippen LogP contribution in [0.3, 0.4) is 0 Å². The van der Waals surface area contributed by atoms with Gasteiger partial charge in [-0.1, -0.05) is 32.9 Å². The normalized spacial score (nSPS) is 16.1. The average molecular weight is 447 g/mol. The van der Waals surface area contributed by atoms with Crippen molar-refractivity contribution >= 4 is 38.9 Å². The zero-order chi connectivity index (χ0) is 22.7. The molecule has 3 aromatic rings. The predicted octanol–water partition coefficient (Wildman–Crippen LogP) is 5.80. The zero-order valence-corrected chi connectivity index (χ0v) is 19.9. The third-order valence-electron chi connectivity index (χ3n) is 6.10. The third-order valence-corrected chi connectivity index (χ3v) is 7.25. The van der Waals surface area contributed by atoms with Crippen LogP contribution in [-0.4, -0.2) is 23.1 Å². The third kappa shape index (κ3) is 4.49. The highest BCUT2D eigenvalue weighted by Crippen LogP contribution is 2.36. The number of aromatic nitrogens is 2. The summed E-state index contributed by atoms with van der Waals surface area (Å²) >= 11 is 1.61. The Bertz CT molecular complexity index is 1220. The van der Waals surface area contributed by atoms with Crippen LogP contribution >= 0.6 is 11.3 Å². The Morgan fingerprint density at radius 3 is 2.66 bits per heavy atom. The van der Waals surface area contributed by atoms with Crippen LogP contribution in [0.25, 0.3) is 21.9 Å². The molecule has 6 heteroatoms. The highest BCUT2D eigenvalue weighted by atomic mass is 32.1. The molecule has 166 valence electrons. The van der Waals surface area contributed by atoms with Gasteiger partial charge in [0.15, 0.2) is 5.82 Å². The van der Waals surface area contributed by atoms with Gasteiger partial charge in [0.2, 0.25) is 0 Å². The van der Waals surface area contributed by atoms with Crippen LogP contribution in [0.5, 0.6) is 0 Å². The molecule has 0 amide bonds. The van der Waals surface area contributed by atoms with E-state index in [-0.39, 0.29) is 5.56 Å². The van der Waals surface area contributed by atoms with Gasteiger partial charge in [-0.25, -0.2) is 4.98 Å². The maximum atomic E-state index is 12.9. The minimum absolute atomic E-state index is 0.136. The van der Waals surface area contributed by atoms with Gasteiger partial charge in [-0.15, -0.1) is 11.3 Å². The summed E-state index contributed by atoms with van der Waals surface area (Å²) in [6, 6.07) is 10.5. The molecule has 1 N–H and O–H groups in total. The first-order valence-corrected chi connectivity index (χ1v) is 12.4. The van der Waals surface area contributed by atoms with E-state index in [0.29, 0.717) is 22.7 Å². The molecule has 0 fully saturated rings. The van der Waals surface area contributed by atoms with Gasteiger partial charge in [0.1, 0.15) is 10.9 Å². The summed E-state index contributed by atoms with van der Waals surface area (Å²) in [5.41, 5.74) is 3.50. The Labute approximate surface area is 193 Å². The molecule has 4 rings (SSSR count). The van der Waals surface area contributed by atoms with Crippen molar-refractivity contribution in [1.82, 2.24) is 9.97 Å². The molecule has 0 saturated carbocycles. The fraction of sp³-hybridized carbons (Fsp3) is 0.423. The minimum Gasteiger partial charge on any atom is -0.372 e. The first-order valence-electron chi connectivity index (χ1n) is 11.6. The van der Waals surface area contributed by atoms with E-state index in [1.807, 2.05) is 12.1 Å². The van der Waals surface area contributed by atoms with E-state index in [9.17, 15) is 10.1 Å². The lowest BCUT2D eigenvalue weighted by atomic mass is 9.89. The van der Waals surface area contributed by atoms with Gasteiger partial charge in [0, 0.05) is 23.7 Å². The molecule has 1 aliphatic rings. The van der Waals surface area contributed by atoms with Crippen molar-refractivity contribution in [2.24, 2.45) is 5.92 Å². The molecule has 0 spiro atoms. The Kier molecular flexibility index (Phi) is 6.76. The second-order valence-electron chi connectivity index (χ2n) is 8.69. The van der Waals surface area contributed by atoms with Crippen LogP contribution in [0.1, 0.15) is 61.9 Å². The fourth-order valence-electron chi connectivity index (χ4n) is 4.49. The predicted molar refractivity (Wildman–Crippen MR) is 134 cm³/mol. The summed E-state index contributed by atoms with van der Waals surface area (Å²) in [4.78, 5) is 24.9. The van der Waals surface area contributed by atoms with Gasteiger partial charge < -0.3 is 9.88 Å². The molecule has 32 heavy (non-hydrogen) atoms. The second-order valence-corrected chi connectivity index (χ2v) is 9.78. The average Bonchev–Trinajstić information content (AvgIpc) is 3.15. The lowest BCUT2D eigenvalue weighted by Gasteiger charge is -2.23. The van der Waals surface area contributed by atoms with E-state index in [1.54, 1.807) is 17.4 Å². The van der Waals surface area contributed by atoms with Crippen molar-refractivity contribution in [3.8, 4) is 6.07 Å². The van der Waals surface area contributed by atoms with Crippen molar-refractivity contribution in [3.05, 3.63) is 56.4 Å². The smallest absolute Gasteiger partial charge is 0.260 e. The van der Waals surface area contributed by atoms with Gasteiger partial charge in [-0.05, 0) is 67.4 Å². The highest BCUT2D eigenvalue weighted by molar-refractivity contribution is 7.18. The van der Waals surface area contributed by atoms with Gasteiger partial charge in [0.25, 0.3) is 5.56 Å². The molecule has 0 unspecified atom stereocenters. The summed E-state index contributed by atoms with van der Waals surface area (Å²) < 4.78 is 0. The van der Waals surface area contributed by atoms with Crippen LogP contribution in [0.15, 0.2) is 29.1 Å². The maximum Gasteiger partial charge on any atom is 0.260 e. The lowest BCUT2D eigenvalue weighted by molar-refractivity contribution is 0.509. The van der Waals surface area contributed by atoms with E-state index in [4.69, 9.17) is 4.98 Å². The molecule has 1 aromatic carbocycles. The van der Waals surface area contributed by atoms with Crippen molar-refractivity contribution < 1.29 is 0 Å². The number of H-pyrrole nitrogens is 1. The van der Waals surface area contributed by atoms with Gasteiger partial charge in [-0.3, -0.25) is 4.79 Å². The van der Waals surface area contributed by atoms with Crippen molar-refractivity contribution in [3.63, 3.8) is 0 Å². The van der Waals surface area contributed by atoms with Gasteiger partial charge in [-0.2, -0.15) is 5.26 Å². The Morgan fingerprint density at radius 2 is 2.00 bits per heavy atom. The summed E-state index contributed by atoms with van der Waals surface area (Å²) in [6.45, 7) is 8.69. The van der Waals surface area contributed by atoms with E-state index in [2.05, 4.69) is 48.9 Å². The number of allylic oxidation sites excluding steroid dienone is 1. The summed E-state index contributed by atoms with van der Waals surface area (Å²) in [5.74, 6) is 0.983. The standard InChI is InChI=1S/C26H30N4OS/c1-4-12-30(13-5-2)20-9-7-18(8-10-20)15-19(16-27)24-28-25(31)23-21-11-6-17(3)14-22(21)32-26(23)29-24/h7-10,15,17H,4-6,11-14H2,1-3H3,(H,28,29,31)/b19-15+/t17-/m0/s1. The largest absolute Gasteiger partial charge is 0.372 e. The fourth-order valence-corrected chi connectivity index (χ4v) is 5.87. The quantitative estimate of drug-likeness (QED) is 0.466. The highest BCUT2D eigenvalue weighted by Gasteiger charge is 2.23. The number of anilines is 1. The molecule has 1 atom stereocenters. The van der Waals surface area contributed by atoms with Crippen molar-refractivity contribution in [1.29, 1.82) is 5.26 Å². The number of fused-ring (bicyclic) bond motifs is 3. The van der Waals surface area contributed by atoms with Crippen LogP contribution in [0.2, 0.25) is 0 Å². The van der Waals surface area contributed by atoms with Crippen LogP contribution < -0.4 is 10.5 Å². The van der Waals surface area contributed by atoms with Gasteiger partial charge in [0.05, 0.1) is 11.0 Å². The SMILES string of the molecule is CCCN(CCC)c1ccc(/C=C(\C#N)c2nc3sc4c(c3c(=O)[nH]2)CC[C@H](C)C4)cc1. The Hall–Kier alpha value is -2.91. The number of nitriles is 1. The number of benzene rings is 1. The summed E-state index contributed by atoms with van der Waals surface area (Å²) in [7, 11) is 0. The Morgan fingerprint density at radius 1 is 1.28 bits per heavy atom. The van der Waals surface area contributed by atoms with Crippen LogP contribution in [-0.2, 0) is 12.8 Å². The number of nitrogens with one attached hydrogen (secondary N) is 1. The van der Waals surface area contributed by atoms with E-state index in [1.165, 1.54) is 10.6 Å². The molecule has 2 aromatic heterocycles. The van der Waals surface area contributed by atoms with Crippen molar-refractivity contribution in [2.75, 3.05) is 18.0 Å². The summed E-state index contributed by atoms with van der Waals surface area (Å²) in [6.07, 6.45) is 7.05. The first-order chi connectivity index (χ1) is 15.5. The minimum atomic E-state index is -0.136. The number of thiophene rings is 1. The lowest BCUT2D eigenvalue weighted by Crippen LogP contribution is -2.24. The maximum absolute atomic E-state index is 12.9. The second kappa shape index (κ2) is 9.70. The van der Waals surface area contributed by atoms with E-state index in [0.717, 1.165) is 61.2 Å². The number of aromatic amines is 1. The molecular weight excluding hydrogens is 416 g/mol. The monoisotopic (exact) mass is 446 g/mol. The van der Waals surface area contributed by atoms with E-state index >= 15 is 0 Å². The topological polar surface area (TPSA) is 72.8 Å². The molecule has 0 bridgehead atoms. The number of hydrogen-bond donors (Lipinski definition) is 1. The molecule has 1 aliphatic carbocycles.